The van der Waals surface area contributed by atoms with Crippen LogP contribution >= 0.6 is 0 Å². The van der Waals surface area contributed by atoms with Crippen LogP contribution in [0.5, 0.6) is 0 Å². The molecule has 0 aromatic rings. The molecule has 0 spiro atoms. The highest BCUT2D eigenvalue weighted by atomic mass is 16.8. The molecule has 0 saturated carbocycles. The zero-order chi connectivity index (χ0) is 12.7. The zero-order valence-electron chi connectivity index (χ0n) is 10.8. The van der Waals surface area contributed by atoms with Gasteiger partial charge in [0.1, 0.15) is 31.9 Å². The molecule has 4 heteroatoms. The molecular formula is C13H22O4. The lowest BCUT2D eigenvalue weighted by Crippen LogP contribution is -2.56. The molecule has 2 fully saturated rings. The molecule has 2 rings (SSSR count). The Hall–Kier alpha value is -0.600. The Labute approximate surface area is 104 Å². The third-order valence-electron chi connectivity index (χ3n) is 2.86. The van der Waals surface area contributed by atoms with Crippen LogP contribution in [0, 0.1) is 12.3 Å². The third-order valence-corrected chi connectivity index (χ3v) is 2.86. The quantitative estimate of drug-likeness (QED) is 0.693. The molecule has 2 aliphatic rings. The Morgan fingerprint density at radius 3 is 2.06 bits per heavy atom. The Morgan fingerprint density at radius 2 is 1.53 bits per heavy atom. The molecule has 0 aromatic carbocycles. The molecule has 2 heterocycles. The van der Waals surface area contributed by atoms with Crippen molar-refractivity contribution >= 4 is 0 Å². The monoisotopic (exact) mass is 242 g/mol. The molecule has 2 aliphatic heterocycles. The minimum absolute atomic E-state index is 0.0455. The smallest absolute Gasteiger partial charge is 0.147 e. The van der Waals surface area contributed by atoms with E-state index in [4.69, 9.17) is 25.4 Å². The summed E-state index contributed by atoms with van der Waals surface area (Å²) in [6.07, 6.45) is 6.65. The molecule has 0 amide bonds. The van der Waals surface area contributed by atoms with Gasteiger partial charge in [0.15, 0.2) is 0 Å². The Morgan fingerprint density at radius 1 is 1.00 bits per heavy atom. The van der Waals surface area contributed by atoms with E-state index in [-0.39, 0.29) is 31.2 Å². The molecular weight excluding hydrogens is 220 g/mol. The maximum absolute atomic E-state index is 5.52. The lowest BCUT2D eigenvalue weighted by Gasteiger charge is -2.43. The number of fused-ring (bicyclic) bond motifs is 1. The molecule has 4 atom stereocenters. The Bertz CT molecular complexity index is 248. The molecule has 0 unspecified atom stereocenters. The van der Waals surface area contributed by atoms with E-state index in [0.29, 0.717) is 13.2 Å². The van der Waals surface area contributed by atoms with Gasteiger partial charge in [-0.05, 0) is 6.42 Å². The summed E-state index contributed by atoms with van der Waals surface area (Å²) in [7, 11) is 0. The molecule has 0 aromatic heterocycles. The molecule has 0 N–H and O–H groups in total. The minimum atomic E-state index is -0.0894. The van der Waals surface area contributed by atoms with Gasteiger partial charge < -0.3 is 18.9 Å². The first-order chi connectivity index (χ1) is 8.36. The highest BCUT2D eigenvalue weighted by Gasteiger charge is 2.43. The fourth-order valence-corrected chi connectivity index (χ4v) is 2.07. The highest BCUT2D eigenvalue weighted by molar-refractivity contribution is 4.96. The van der Waals surface area contributed by atoms with Crippen LogP contribution in [0.25, 0.3) is 0 Å². The summed E-state index contributed by atoms with van der Waals surface area (Å²) in [5, 5.41) is 0. The standard InChI is InChI=1S/C11H16O4.C2H6/c1-3-5-9-11-10(14-7-13-9)8(4-2)12-6-15-11;1-2/h1,8-11H,4-7H2,2H3;1-2H3/t8-,9-,10-,11-;/m1./s1. The number of ether oxygens (including phenoxy) is 4. The average molecular weight is 242 g/mol. The highest BCUT2D eigenvalue weighted by Crippen LogP contribution is 2.28. The predicted molar refractivity (Wildman–Crippen MR) is 64.3 cm³/mol. The van der Waals surface area contributed by atoms with Crippen LogP contribution in [-0.2, 0) is 18.9 Å². The number of hydrogen-bond acceptors (Lipinski definition) is 4. The van der Waals surface area contributed by atoms with Crippen LogP contribution in [0.4, 0.5) is 0 Å². The molecule has 0 bridgehead atoms. The topological polar surface area (TPSA) is 36.9 Å². The normalized spacial score (nSPS) is 36.1. The fourth-order valence-electron chi connectivity index (χ4n) is 2.07. The molecule has 0 radical (unpaired) electrons. The van der Waals surface area contributed by atoms with Crippen LogP contribution in [-0.4, -0.2) is 38.0 Å². The van der Waals surface area contributed by atoms with Crippen molar-refractivity contribution in [2.75, 3.05) is 13.6 Å². The van der Waals surface area contributed by atoms with Crippen molar-refractivity contribution in [1.82, 2.24) is 0 Å². The van der Waals surface area contributed by atoms with E-state index in [2.05, 4.69) is 12.8 Å². The predicted octanol–water partition coefficient (Wildman–Crippen LogP) is 1.93. The van der Waals surface area contributed by atoms with E-state index in [9.17, 15) is 0 Å². The van der Waals surface area contributed by atoms with Crippen LogP contribution in [0.15, 0.2) is 0 Å². The summed E-state index contributed by atoms with van der Waals surface area (Å²) < 4.78 is 21.9. The lowest BCUT2D eigenvalue weighted by atomic mass is 9.97. The molecule has 2 saturated heterocycles. The van der Waals surface area contributed by atoms with Gasteiger partial charge in [-0.15, -0.1) is 12.3 Å². The van der Waals surface area contributed by atoms with E-state index in [1.54, 1.807) is 0 Å². The lowest BCUT2D eigenvalue weighted by molar-refractivity contribution is -0.321. The van der Waals surface area contributed by atoms with Crippen molar-refractivity contribution in [3.63, 3.8) is 0 Å². The van der Waals surface area contributed by atoms with Crippen molar-refractivity contribution in [3.05, 3.63) is 0 Å². The number of hydrogen-bond donors (Lipinski definition) is 0. The third kappa shape index (κ3) is 3.43. The zero-order valence-corrected chi connectivity index (χ0v) is 10.8. The van der Waals surface area contributed by atoms with Gasteiger partial charge in [0.25, 0.3) is 0 Å². The molecule has 0 aliphatic carbocycles. The van der Waals surface area contributed by atoms with Crippen molar-refractivity contribution in [1.29, 1.82) is 0 Å². The number of terminal acetylenes is 1. The molecule has 17 heavy (non-hydrogen) atoms. The molecule has 98 valence electrons. The van der Waals surface area contributed by atoms with Crippen LogP contribution < -0.4 is 0 Å². The van der Waals surface area contributed by atoms with Crippen LogP contribution in [0.3, 0.4) is 0 Å². The van der Waals surface area contributed by atoms with E-state index in [0.717, 1.165) is 6.42 Å². The first-order valence-electron chi connectivity index (χ1n) is 6.26. The fraction of sp³-hybridized carbons (Fsp3) is 0.846. The second-order valence-electron chi connectivity index (χ2n) is 3.73. The summed E-state index contributed by atoms with van der Waals surface area (Å²) >= 11 is 0. The SMILES string of the molecule is C#CC[C@H]1OCO[C@H]2[C@@H]1OCO[C@@H]2CC.CC. The van der Waals surface area contributed by atoms with E-state index < -0.39 is 0 Å². The van der Waals surface area contributed by atoms with E-state index in [1.165, 1.54) is 0 Å². The second-order valence-corrected chi connectivity index (χ2v) is 3.73. The average Bonchev–Trinajstić information content (AvgIpc) is 2.41. The maximum Gasteiger partial charge on any atom is 0.147 e. The summed E-state index contributed by atoms with van der Waals surface area (Å²) in [5.74, 6) is 2.60. The maximum atomic E-state index is 5.52. The van der Waals surface area contributed by atoms with Gasteiger partial charge in [-0.1, -0.05) is 20.8 Å². The van der Waals surface area contributed by atoms with Crippen LogP contribution in [0.2, 0.25) is 0 Å². The summed E-state index contributed by atoms with van der Waals surface area (Å²) in [6, 6.07) is 0. The van der Waals surface area contributed by atoms with Gasteiger partial charge in [-0.25, -0.2) is 0 Å². The van der Waals surface area contributed by atoms with Crippen molar-refractivity contribution in [3.8, 4) is 12.3 Å². The van der Waals surface area contributed by atoms with Crippen LogP contribution in [0.1, 0.15) is 33.6 Å². The Balaban J connectivity index is 0.000000686. The van der Waals surface area contributed by atoms with E-state index >= 15 is 0 Å². The van der Waals surface area contributed by atoms with Gasteiger partial charge >= 0.3 is 0 Å². The molecule has 4 nitrogen and oxygen atoms in total. The van der Waals surface area contributed by atoms with Gasteiger partial charge in [-0.2, -0.15) is 0 Å². The first-order valence-corrected chi connectivity index (χ1v) is 6.26. The van der Waals surface area contributed by atoms with Crippen molar-refractivity contribution in [2.24, 2.45) is 0 Å². The van der Waals surface area contributed by atoms with Crippen molar-refractivity contribution < 1.29 is 18.9 Å². The summed E-state index contributed by atoms with van der Waals surface area (Å²) in [5.41, 5.74) is 0. The first kappa shape index (κ1) is 14.5. The van der Waals surface area contributed by atoms with E-state index in [1.807, 2.05) is 13.8 Å². The number of rotatable bonds is 2. The van der Waals surface area contributed by atoms with Gasteiger partial charge in [0.2, 0.25) is 0 Å². The Kier molecular flexibility index (Phi) is 6.53. The van der Waals surface area contributed by atoms with Gasteiger partial charge in [-0.3, -0.25) is 0 Å². The van der Waals surface area contributed by atoms with Gasteiger partial charge in [0.05, 0.1) is 6.10 Å². The second kappa shape index (κ2) is 7.67. The minimum Gasteiger partial charge on any atom is -0.349 e. The van der Waals surface area contributed by atoms with Gasteiger partial charge in [0, 0.05) is 6.42 Å². The largest absolute Gasteiger partial charge is 0.349 e. The van der Waals surface area contributed by atoms with Crippen molar-refractivity contribution in [2.45, 2.75) is 58.0 Å². The summed E-state index contributed by atoms with van der Waals surface area (Å²) in [4.78, 5) is 0. The summed E-state index contributed by atoms with van der Waals surface area (Å²) in [6.45, 7) is 6.65.